The molecule has 0 aliphatic carbocycles. The molecule has 0 spiro atoms. The van der Waals surface area contributed by atoms with E-state index in [-0.39, 0.29) is 37.8 Å². The van der Waals surface area contributed by atoms with Gasteiger partial charge in [0.1, 0.15) is 11.6 Å². The van der Waals surface area contributed by atoms with Gasteiger partial charge in [-0.05, 0) is 33.1 Å². The molecule has 1 aliphatic rings. The van der Waals surface area contributed by atoms with Crippen LogP contribution in [0.15, 0.2) is 0 Å². The molecule has 7 nitrogen and oxygen atoms in total. The smallest absolute Gasteiger partial charge is 0.410 e. The van der Waals surface area contributed by atoms with Crippen molar-refractivity contribution in [2.75, 3.05) is 20.1 Å². The van der Waals surface area contributed by atoms with Crippen molar-refractivity contribution in [1.82, 2.24) is 9.80 Å². The van der Waals surface area contributed by atoms with Gasteiger partial charge in [0, 0.05) is 33.0 Å². The highest BCUT2D eigenvalue weighted by molar-refractivity contribution is 5.85. The summed E-state index contributed by atoms with van der Waals surface area (Å²) >= 11 is 0. The Morgan fingerprint density at radius 3 is 2.12 bits per heavy atom. The maximum Gasteiger partial charge on any atom is 0.410 e. The van der Waals surface area contributed by atoms with Crippen LogP contribution in [-0.4, -0.2) is 69.6 Å². The van der Waals surface area contributed by atoms with Crippen LogP contribution in [0.1, 0.15) is 53.9 Å². The van der Waals surface area contributed by atoms with E-state index in [4.69, 9.17) is 4.74 Å². The predicted octanol–water partition coefficient (Wildman–Crippen LogP) is 1.57. The molecule has 140 valence electrons. The number of nitrogens with zero attached hydrogens (tertiary/aromatic N) is 2. The summed E-state index contributed by atoms with van der Waals surface area (Å²) < 4.78 is 5.37. The molecule has 24 heavy (non-hydrogen) atoms. The van der Waals surface area contributed by atoms with Crippen LogP contribution in [-0.2, 0) is 9.53 Å². The quantitative estimate of drug-likeness (QED) is 0.756. The third-order valence-electron chi connectivity index (χ3n) is 4.00. The average Bonchev–Trinajstić information content (AvgIpc) is 2.41. The molecule has 2 N–H and O–H groups in total. The lowest BCUT2D eigenvalue weighted by atomic mass is 9.99. The first kappa shape index (κ1) is 20.7. The molecule has 1 fully saturated rings. The predicted molar refractivity (Wildman–Crippen MR) is 90.2 cm³/mol. The van der Waals surface area contributed by atoms with Crippen molar-refractivity contribution in [3.05, 3.63) is 0 Å². The maximum absolute atomic E-state index is 12.9. The van der Waals surface area contributed by atoms with Crippen molar-refractivity contribution in [2.45, 2.75) is 71.3 Å². The number of rotatable bonds is 4. The van der Waals surface area contributed by atoms with Gasteiger partial charge in [0.05, 0.1) is 0 Å². The minimum atomic E-state index is -1.71. The van der Waals surface area contributed by atoms with Gasteiger partial charge in [-0.2, -0.15) is 0 Å². The number of likely N-dealkylation sites (N-methyl/N-ethyl adjacent to an activating group) is 1. The summed E-state index contributed by atoms with van der Waals surface area (Å²) in [6, 6.07) is -0.621. The molecule has 1 unspecified atom stereocenters. The van der Waals surface area contributed by atoms with Gasteiger partial charge in [-0.1, -0.05) is 13.8 Å². The third kappa shape index (κ3) is 6.28. The minimum Gasteiger partial charge on any atom is -0.444 e. The van der Waals surface area contributed by atoms with Crippen molar-refractivity contribution in [1.29, 1.82) is 0 Å². The van der Waals surface area contributed by atoms with Crippen LogP contribution >= 0.6 is 0 Å². The van der Waals surface area contributed by atoms with E-state index >= 15 is 0 Å². The Kier molecular flexibility index (Phi) is 6.64. The van der Waals surface area contributed by atoms with Crippen LogP contribution in [0.2, 0.25) is 0 Å². The van der Waals surface area contributed by atoms with Crippen molar-refractivity contribution in [2.24, 2.45) is 5.92 Å². The van der Waals surface area contributed by atoms with Gasteiger partial charge in [-0.15, -0.1) is 0 Å². The number of ether oxygens (including phenoxy) is 1. The average molecular weight is 344 g/mol. The summed E-state index contributed by atoms with van der Waals surface area (Å²) in [7, 11) is 1.57. The fourth-order valence-corrected chi connectivity index (χ4v) is 2.63. The zero-order valence-electron chi connectivity index (χ0n) is 15.7. The lowest BCUT2D eigenvalue weighted by molar-refractivity contribution is -0.191. The van der Waals surface area contributed by atoms with Crippen LogP contribution in [0.3, 0.4) is 0 Å². The highest BCUT2D eigenvalue weighted by Gasteiger charge is 2.37. The Bertz CT molecular complexity index is 446. The van der Waals surface area contributed by atoms with Crippen LogP contribution in [0.4, 0.5) is 4.79 Å². The highest BCUT2D eigenvalue weighted by Crippen LogP contribution is 2.22. The van der Waals surface area contributed by atoms with Crippen LogP contribution in [0.5, 0.6) is 0 Å². The van der Waals surface area contributed by atoms with Gasteiger partial charge in [0.2, 0.25) is 5.91 Å². The van der Waals surface area contributed by atoms with Gasteiger partial charge in [-0.25, -0.2) is 4.79 Å². The van der Waals surface area contributed by atoms with Gasteiger partial charge in [-0.3, -0.25) is 9.69 Å². The van der Waals surface area contributed by atoms with E-state index in [9.17, 15) is 19.8 Å². The number of carbonyl (C=O) groups is 2. The molecule has 0 aromatic rings. The Balaban J connectivity index is 2.84. The first-order valence-electron chi connectivity index (χ1n) is 8.52. The SMILES string of the molecule is CC(C)CC(C(=O)N1CCC(O)(O)CC1)N(C)C(=O)OC(C)(C)C. The first-order chi connectivity index (χ1) is 10.8. The number of hydrogen-bond acceptors (Lipinski definition) is 5. The zero-order valence-corrected chi connectivity index (χ0v) is 15.7. The van der Waals surface area contributed by atoms with Gasteiger partial charge >= 0.3 is 6.09 Å². The van der Waals surface area contributed by atoms with E-state index in [1.165, 1.54) is 4.90 Å². The van der Waals surface area contributed by atoms with Crippen molar-refractivity contribution in [3.63, 3.8) is 0 Å². The molecular weight excluding hydrogens is 312 g/mol. The summed E-state index contributed by atoms with van der Waals surface area (Å²) in [5.41, 5.74) is -0.630. The van der Waals surface area contributed by atoms with Crippen LogP contribution in [0.25, 0.3) is 0 Å². The second-order valence-corrected chi connectivity index (χ2v) is 8.04. The summed E-state index contributed by atoms with van der Waals surface area (Å²) in [6.07, 6.45) is 0.221. The number of hydrogen-bond donors (Lipinski definition) is 2. The van der Waals surface area contributed by atoms with E-state index in [0.29, 0.717) is 6.42 Å². The second-order valence-electron chi connectivity index (χ2n) is 8.04. The molecule has 1 atom stereocenters. The fourth-order valence-electron chi connectivity index (χ4n) is 2.63. The molecule has 2 amide bonds. The van der Waals surface area contributed by atoms with Gasteiger partial charge in [0.25, 0.3) is 0 Å². The normalized spacial score (nSPS) is 19.1. The Hall–Kier alpha value is -1.34. The zero-order chi connectivity index (χ0) is 18.7. The van der Waals surface area contributed by atoms with Crippen molar-refractivity contribution >= 4 is 12.0 Å². The van der Waals surface area contributed by atoms with Crippen molar-refractivity contribution < 1.29 is 24.5 Å². The molecule has 0 bridgehead atoms. The van der Waals surface area contributed by atoms with E-state index in [1.807, 2.05) is 13.8 Å². The summed E-state index contributed by atoms with van der Waals surface area (Å²) in [5, 5.41) is 19.2. The molecule has 0 saturated carbocycles. The van der Waals surface area contributed by atoms with Gasteiger partial charge in [0.15, 0.2) is 5.79 Å². The molecule has 1 heterocycles. The van der Waals surface area contributed by atoms with E-state index in [1.54, 1.807) is 32.7 Å². The molecule has 7 heteroatoms. The standard InChI is InChI=1S/C17H32N2O5/c1-12(2)11-13(18(6)15(21)24-16(3,4)5)14(20)19-9-7-17(22,23)8-10-19/h12-13,22-23H,7-11H2,1-6H3. The number of likely N-dealkylation sites (tertiary alicyclic amines) is 1. The number of aliphatic hydroxyl groups is 2. The van der Waals surface area contributed by atoms with Gasteiger partial charge < -0.3 is 19.8 Å². The lowest BCUT2D eigenvalue weighted by Gasteiger charge is -2.38. The minimum absolute atomic E-state index is 0.114. The molecule has 0 aromatic heterocycles. The Morgan fingerprint density at radius 1 is 1.21 bits per heavy atom. The molecule has 0 radical (unpaired) electrons. The molecule has 1 saturated heterocycles. The number of piperidine rings is 1. The number of carbonyl (C=O) groups excluding carboxylic acids is 2. The Labute approximate surface area is 144 Å². The fraction of sp³-hybridized carbons (Fsp3) is 0.882. The van der Waals surface area contributed by atoms with Crippen molar-refractivity contribution in [3.8, 4) is 0 Å². The maximum atomic E-state index is 12.9. The van der Waals surface area contributed by atoms with E-state index in [0.717, 1.165) is 0 Å². The summed E-state index contributed by atoms with van der Waals surface area (Å²) in [4.78, 5) is 28.1. The molecule has 1 rings (SSSR count). The topological polar surface area (TPSA) is 90.3 Å². The second kappa shape index (κ2) is 7.70. The van der Waals surface area contributed by atoms with E-state index in [2.05, 4.69) is 0 Å². The summed E-state index contributed by atoms with van der Waals surface area (Å²) in [5.74, 6) is -1.66. The van der Waals surface area contributed by atoms with Crippen LogP contribution in [0, 0.1) is 5.92 Å². The monoisotopic (exact) mass is 344 g/mol. The first-order valence-corrected chi connectivity index (χ1v) is 8.52. The summed E-state index contributed by atoms with van der Waals surface area (Å²) in [6.45, 7) is 9.86. The third-order valence-corrected chi connectivity index (χ3v) is 4.00. The highest BCUT2D eigenvalue weighted by atomic mass is 16.6. The largest absolute Gasteiger partial charge is 0.444 e. The molecule has 0 aromatic carbocycles. The molecule has 1 aliphatic heterocycles. The molecular formula is C17H32N2O5. The van der Waals surface area contributed by atoms with E-state index < -0.39 is 23.5 Å². The van der Waals surface area contributed by atoms with Crippen LogP contribution < -0.4 is 0 Å². The Morgan fingerprint density at radius 2 is 1.71 bits per heavy atom. The number of amides is 2. The lowest BCUT2D eigenvalue weighted by Crippen LogP contribution is -2.54.